The summed E-state index contributed by atoms with van der Waals surface area (Å²) in [5.74, 6) is -1.87. The Balaban J connectivity index is 1.71. The van der Waals surface area contributed by atoms with Gasteiger partial charge in [0.1, 0.15) is 0 Å². The van der Waals surface area contributed by atoms with Crippen molar-refractivity contribution >= 4 is 0 Å². The molecule has 0 unspecified atom stereocenters. The van der Waals surface area contributed by atoms with Crippen LogP contribution in [0.2, 0.25) is 0 Å². The van der Waals surface area contributed by atoms with E-state index in [1.54, 1.807) is 0 Å². The summed E-state index contributed by atoms with van der Waals surface area (Å²) < 4.78 is 26.6. The molecule has 106 valence electrons. The minimum absolute atomic E-state index is 0.0317. The Kier molecular flexibility index (Phi) is 4.92. The molecule has 0 aliphatic carbocycles. The highest BCUT2D eigenvalue weighted by atomic mass is 19.3. The Labute approximate surface area is 108 Å². The minimum Gasteiger partial charge on any atom is -0.329 e. The minimum atomic E-state index is -2.46. The fourth-order valence-corrected chi connectivity index (χ4v) is 3.14. The normalized spacial score (nSPS) is 27.5. The van der Waals surface area contributed by atoms with Crippen LogP contribution in [0.4, 0.5) is 8.78 Å². The third kappa shape index (κ3) is 4.14. The van der Waals surface area contributed by atoms with Gasteiger partial charge < -0.3 is 10.6 Å². The van der Waals surface area contributed by atoms with Gasteiger partial charge in [-0.3, -0.25) is 4.90 Å². The van der Waals surface area contributed by atoms with Crippen LogP contribution in [-0.4, -0.2) is 61.5 Å². The van der Waals surface area contributed by atoms with Crippen molar-refractivity contribution in [1.29, 1.82) is 0 Å². The lowest BCUT2D eigenvalue weighted by molar-refractivity contribution is -0.0685. The van der Waals surface area contributed by atoms with Crippen LogP contribution in [0.1, 0.15) is 25.7 Å². The molecule has 2 aliphatic rings. The molecule has 2 aliphatic heterocycles. The number of piperidine rings is 2. The quantitative estimate of drug-likeness (QED) is 0.830. The van der Waals surface area contributed by atoms with E-state index in [2.05, 4.69) is 4.90 Å². The molecule has 2 N–H and O–H groups in total. The van der Waals surface area contributed by atoms with E-state index in [4.69, 9.17) is 5.73 Å². The van der Waals surface area contributed by atoms with Gasteiger partial charge >= 0.3 is 0 Å². The molecule has 2 heterocycles. The number of nitrogens with two attached hydrogens (primary N) is 1. The van der Waals surface area contributed by atoms with Crippen LogP contribution in [0, 0.1) is 5.92 Å². The Morgan fingerprint density at radius 1 is 1.11 bits per heavy atom. The highest BCUT2D eigenvalue weighted by molar-refractivity contribution is 4.82. The van der Waals surface area contributed by atoms with Crippen LogP contribution in [0.5, 0.6) is 0 Å². The van der Waals surface area contributed by atoms with Crippen molar-refractivity contribution in [3.05, 3.63) is 0 Å². The first-order valence-corrected chi connectivity index (χ1v) is 7.12. The highest BCUT2D eigenvalue weighted by Crippen LogP contribution is 2.28. The molecule has 18 heavy (non-hydrogen) atoms. The van der Waals surface area contributed by atoms with Gasteiger partial charge in [0, 0.05) is 26.1 Å². The van der Waals surface area contributed by atoms with Gasteiger partial charge in [0.15, 0.2) is 0 Å². The van der Waals surface area contributed by atoms with Crippen LogP contribution in [0.15, 0.2) is 0 Å². The summed E-state index contributed by atoms with van der Waals surface area (Å²) in [5.41, 5.74) is 5.54. The Morgan fingerprint density at radius 3 is 2.44 bits per heavy atom. The fraction of sp³-hybridized carbons (Fsp3) is 1.00. The van der Waals surface area contributed by atoms with Crippen molar-refractivity contribution < 1.29 is 8.78 Å². The average Bonchev–Trinajstić information content (AvgIpc) is 2.31. The van der Waals surface area contributed by atoms with Gasteiger partial charge in [-0.15, -0.1) is 0 Å². The van der Waals surface area contributed by atoms with Gasteiger partial charge in [0.25, 0.3) is 5.92 Å². The first-order chi connectivity index (χ1) is 8.59. The molecule has 0 bridgehead atoms. The molecule has 2 rings (SSSR count). The number of hydrogen-bond donors (Lipinski definition) is 1. The average molecular weight is 261 g/mol. The second-order valence-corrected chi connectivity index (χ2v) is 5.77. The number of likely N-dealkylation sites (tertiary alicyclic amines) is 2. The summed E-state index contributed by atoms with van der Waals surface area (Å²) in [6.45, 7) is 5.50. The van der Waals surface area contributed by atoms with Gasteiger partial charge in [-0.05, 0) is 44.8 Å². The third-order valence-corrected chi connectivity index (χ3v) is 4.14. The number of halogens is 2. The first kappa shape index (κ1) is 14.2. The van der Waals surface area contributed by atoms with Crippen molar-refractivity contribution in [2.75, 3.05) is 45.8 Å². The van der Waals surface area contributed by atoms with Crippen molar-refractivity contribution in [3.8, 4) is 0 Å². The largest absolute Gasteiger partial charge is 0.329 e. The summed E-state index contributed by atoms with van der Waals surface area (Å²) in [5, 5.41) is 0. The van der Waals surface area contributed by atoms with E-state index in [-0.39, 0.29) is 13.0 Å². The molecule has 2 saturated heterocycles. The first-order valence-electron chi connectivity index (χ1n) is 7.12. The molecule has 0 saturated carbocycles. The molecular weight excluding hydrogens is 236 g/mol. The Morgan fingerprint density at radius 2 is 1.83 bits per heavy atom. The number of hydrogen-bond acceptors (Lipinski definition) is 3. The molecule has 0 aromatic heterocycles. The van der Waals surface area contributed by atoms with Crippen LogP contribution in [-0.2, 0) is 0 Å². The number of nitrogens with zero attached hydrogens (tertiary/aromatic N) is 2. The molecule has 2 fully saturated rings. The summed E-state index contributed by atoms with van der Waals surface area (Å²) in [6.07, 6.45) is 2.96. The molecule has 5 heteroatoms. The van der Waals surface area contributed by atoms with E-state index < -0.39 is 5.92 Å². The van der Waals surface area contributed by atoms with Crippen LogP contribution in [0.25, 0.3) is 0 Å². The second-order valence-electron chi connectivity index (χ2n) is 5.77. The van der Waals surface area contributed by atoms with Gasteiger partial charge in [-0.25, -0.2) is 8.78 Å². The van der Waals surface area contributed by atoms with Gasteiger partial charge in [-0.1, -0.05) is 0 Å². The van der Waals surface area contributed by atoms with Gasteiger partial charge in [0.05, 0.1) is 6.54 Å². The van der Waals surface area contributed by atoms with E-state index in [0.717, 1.165) is 45.6 Å². The highest BCUT2D eigenvalue weighted by Gasteiger charge is 2.35. The third-order valence-electron chi connectivity index (χ3n) is 4.14. The lowest BCUT2D eigenvalue weighted by Crippen LogP contribution is -2.46. The Bertz CT molecular complexity index is 253. The van der Waals surface area contributed by atoms with Crippen molar-refractivity contribution in [3.63, 3.8) is 0 Å². The molecule has 3 nitrogen and oxygen atoms in total. The molecule has 0 atom stereocenters. The molecule has 0 aromatic carbocycles. The zero-order valence-electron chi connectivity index (χ0n) is 11.1. The van der Waals surface area contributed by atoms with Crippen LogP contribution >= 0.6 is 0 Å². The molecular formula is C13H25F2N3. The van der Waals surface area contributed by atoms with E-state index in [1.807, 2.05) is 4.90 Å². The summed E-state index contributed by atoms with van der Waals surface area (Å²) in [6, 6.07) is 0. The zero-order valence-corrected chi connectivity index (χ0v) is 11.1. The van der Waals surface area contributed by atoms with E-state index in [0.29, 0.717) is 18.9 Å². The standard InChI is InChI=1S/C13H25F2N3/c14-13(15)4-1-6-18(11-13)10-12-2-7-17(8-3-12)9-5-16/h12H,1-11,16H2. The number of rotatable bonds is 4. The second kappa shape index (κ2) is 6.26. The predicted molar refractivity (Wildman–Crippen MR) is 68.8 cm³/mol. The number of alkyl halides is 2. The monoisotopic (exact) mass is 261 g/mol. The van der Waals surface area contributed by atoms with Crippen molar-refractivity contribution in [2.24, 2.45) is 11.7 Å². The lowest BCUT2D eigenvalue weighted by Gasteiger charge is -2.37. The molecule has 0 amide bonds. The topological polar surface area (TPSA) is 32.5 Å². The van der Waals surface area contributed by atoms with E-state index in [1.165, 1.54) is 0 Å². The van der Waals surface area contributed by atoms with Crippen LogP contribution < -0.4 is 5.73 Å². The lowest BCUT2D eigenvalue weighted by atomic mass is 9.95. The zero-order chi connectivity index (χ0) is 13.0. The predicted octanol–water partition coefficient (Wildman–Crippen LogP) is 1.39. The van der Waals surface area contributed by atoms with E-state index in [9.17, 15) is 8.78 Å². The van der Waals surface area contributed by atoms with Crippen molar-refractivity contribution in [2.45, 2.75) is 31.6 Å². The van der Waals surface area contributed by atoms with Crippen LogP contribution in [0.3, 0.4) is 0 Å². The summed E-state index contributed by atoms with van der Waals surface area (Å²) in [4.78, 5) is 4.34. The van der Waals surface area contributed by atoms with Gasteiger partial charge in [-0.2, -0.15) is 0 Å². The smallest absolute Gasteiger partial charge is 0.260 e. The maximum atomic E-state index is 13.3. The van der Waals surface area contributed by atoms with Crippen molar-refractivity contribution in [1.82, 2.24) is 9.80 Å². The maximum Gasteiger partial charge on any atom is 0.260 e. The Hall–Kier alpha value is -0.260. The molecule has 0 aromatic rings. The fourth-order valence-electron chi connectivity index (χ4n) is 3.14. The SMILES string of the molecule is NCCN1CCC(CN2CCCC(F)(F)C2)CC1. The summed E-state index contributed by atoms with van der Waals surface area (Å²) in [7, 11) is 0. The van der Waals surface area contributed by atoms with E-state index >= 15 is 0 Å². The summed E-state index contributed by atoms with van der Waals surface area (Å²) >= 11 is 0. The maximum absolute atomic E-state index is 13.3. The van der Waals surface area contributed by atoms with Gasteiger partial charge in [0.2, 0.25) is 0 Å². The molecule has 0 radical (unpaired) electrons. The molecule has 0 spiro atoms.